The van der Waals surface area contributed by atoms with Crippen LogP contribution in [0.1, 0.15) is 30.5 Å². The number of benzene rings is 2. The lowest BCUT2D eigenvalue weighted by molar-refractivity contribution is -0.123. The van der Waals surface area contributed by atoms with E-state index >= 15 is 0 Å². The van der Waals surface area contributed by atoms with E-state index in [1.807, 2.05) is 6.07 Å². The minimum Gasteiger partial charge on any atom is -0.352 e. The maximum atomic E-state index is 12.5. The van der Waals surface area contributed by atoms with E-state index in [2.05, 4.69) is 37.2 Å². The first-order valence-electron chi connectivity index (χ1n) is 9.03. The molecule has 30 heavy (non-hydrogen) atoms. The number of urea groups is 2. The van der Waals surface area contributed by atoms with E-state index in [9.17, 15) is 19.2 Å². The summed E-state index contributed by atoms with van der Waals surface area (Å²) in [6.45, 7) is 1.60. The molecule has 1 aliphatic heterocycles. The summed E-state index contributed by atoms with van der Waals surface area (Å²) in [7, 11) is 0. The molecule has 1 aliphatic rings. The molecule has 1 saturated heterocycles. The zero-order valence-electron chi connectivity index (χ0n) is 16.0. The van der Waals surface area contributed by atoms with Gasteiger partial charge in [0.15, 0.2) is 0 Å². The van der Waals surface area contributed by atoms with Crippen LogP contribution in [0.2, 0.25) is 0 Å². The number of nitrogens with one attached hydrogen (secondary N) is 4. The normalized spacial score (nSPS) is 18.9. The third-order valence-electron chi connectivity index (χ3n) is 4.75. The first-order chi connectivity index (χ1) is 14.2. The second-order valence-corrected chi connectivity index (χ2v) is 7.89. The number of carbonyl (C=O) groups is 4. The van der Waals surface area contributed by atoms with Crippen LogP contribution in [0.15, 0.2) is 53.0 Å². The van der Waals surface area contributed by atoms with Crippen LogP contribution in [0.5, 0.6) is 0 Å². The van der Waals surface area contributed by atoms with Crippen molar-refractivity contribution in [2.45, 2.75) is 24.9 Å². The smallest absolute Gasteiger partial charge is 0.322 e. The van der Waals surface area contributed by atoms with Gasteiger partial charge in [0.2, 0.25) is 5.91 Å². The van der Waals surface area contributed by atoms with Gasteiger partial charge in [-0.05, 0) is 42.3 Å². The molecule has 1 fully saturated rings. The fourth-order valence-corrected chi connectivity index (χ4v) is 3.59. The first kappa shape index (κ1) is 21.3. The van der Waals surface area contributed by atoms with Crippen molar-refractivity contribution in [3.05, 3.63) is 64.1 Å². The Morgan fingerprint density at radius 3 is 2.43 bits per heavy atom. The van der Waals surface area contributed by atoms with Gasteiger partial charge in [-0.2, -0.15) is 0 Å². The van der Waals surface area contributed by atoms with Gasteiger partial charge in [0, 0.05) is 10.2 Å². The Morgan fingerprint density at radius 1 is 1.17 bits per heavy atom. The zero-order chi connectivity index (χ0) is 21.9. The summed E-state index contributed by atoms with van der Waals surface area (Å²) in [5, 5.41) is 10.1. The van der Waals surface area contributed by atoms with Crippen LogP contribution in [0, 0.1) is 0 Å². The molecular formula is C20H20BrN5O4. The lowest BCUT2D eigenvalue weighted by atomic mass is 9.92. The van der Waals surface area contributed by atoms with Crippen LogP contribution >= 0.6 is 15.9 Å². The number of carbonyl (C=O) groups excluding carboxylic acids is 4. The summed E-state index contributed by atoms with van der Waals surface area (Å²) in [6.07, 6.45) is -0.0304. The van der Waals surface area contributed by atoms with Crippen molar-refractivity contribution in [1.29, 1.82) is 0 Å². The molecule has 0 spiro atoms. The van der Waals surface area contributed by atoms with E-state index in [-0.39, 0.29) is 12.3 Å². The van der Waals surface area contributed by atoms with Gasteiger partial charge in [0.05, 0.1) is 12.5 Å². The maximum Gasteiger partial charge on any atom is 0.322 e. The molecule has 6 amide bonds. The summed E-state index contributed by atoms with van der Waals surface area (Å²) in [4.78, 5) is 47.3. The van der Waals surface area contributed by atoms with Crippen LogP contribution in [-0.2, 0) is 15.1 Å². The summed E-state index contributed by atoms with van der Waals surface area (Å²) < 4.78 is 0.809. The standard InChI is InChI=1S/C20H20BrN5O4/c1-20(17(28)25-19(30)26-20)12-5-7-14(8-6-12)23-16(27)10-15(24-18(22)29)11-3-2-4-13(21)9-11/h2-9,15H,10H2,1H3,(H,23,27)(H3,22,24,29)(H2,25,26,28,30)/t15-,20+/m0/s1. The lowest BCUT2D eigenvalue weighted by Gasteiger charge is -2.21. The Labute approximate surface area is 180 Å². The van der Waals surface area contributed by atoms with Crippen LogP contribution in [0.3, 0.4) is 0 Å². The van der Waals surface area contributed by atoms with Crippen molar-refractivity contribution in [2.75, 3.05) is 5.32 Å². The van der Waals surface area contributed by atoms with Gasteiger partial charge in [0.1, 0.15) is 5.54 Å². The van der Waals surface area contributed by atoms with Gasteiger partial charge in [-0.3, -0.25) is 14.9 Å². The van der Waals surface area contributed by atoms with E-state index in [4.69, 9.17) is 5.73 Å². The average molecular weight is 474 g/mol. The number of anilines is 1. The van der Waals surface area contributed by atoms with Gasteiger partial charge >= 0.3 is 12.1 Å². The Morgan fingerprint density at radius 2 is 1.87 bits per heavy atom. The highest BCUT2D eigenvalue weighted by Gasteiger charge is 2.43. The van der Waals surface area contributed by atoms with Crippen LogP contribution in [-0.4, -0.2) is 23.9 Å². The number of hydrogen-bond acceptors (Lipinski definition) is 4. The molecule has 0 bridgehead atoms. The molecule has 0 aliphatic carbocycles. The highest BCUT2D eigenvalue weighted by Crippen LogP contribution is 2.26. The quantitative estimate of drug-likeness (QED) is 0.410. The molecule has 3 rings (SSSR count). The highest BCUT2D eigenvalue weighted by atomic mass is 79.9. The number of halogens is 1. The molecule has 156 valence electrons. The number of imide groups is 1. The molecule has 2 atom stereocenters. The number of primary amides is 1. The second kappa shape index (κ2) is 8.54. The zero-order valence-corrected chi connectivity index (χ0v) is 17.6. The molecular weight excluding hydrogens is 454 g/mol. The highest BCUT2D eigenvalue weighted by molar-refractivity contribution is 9.10. The fraction of sp³-hybridized carbons (Fsp3) is 0.200. The number of hydrogen-bond donors (Lipinski definition) is 5. The van der Waals surface area contributed by atoms with Gasteiger partial charge < -0.3 is 21.7 Å². The van der Waals surface area contributed by atoms with E-state index < -0.39 is 29.6 Å². The lowest BCUT2D eigenvalue weighted by Crippen LogP contribution is -2.40. The van der Waals surface area contributed by atoms with Gasteiger partial charge in [-0.1, -0.05) is 40.2 Å². The molecule has 0 aromatic heterocycles. The van der Waals surface area contributed by atoms with Crippen molar-refractivity contribution in [1.82, 2.24) is 16.0 Å². The van der Waals surface area contributed by atoms with Crippen LogP contribution < -0.4 is 27.0 Å². The first-order valence-corrected chi connectivity index (χ1v) is 9.82. The Kier molecular flexibility index (Phi) is 6.06. The second-order valence-electron chi connectivity index (χ2n) is 6.98. The topological polar surface area (TPSA) is 142 Å². The van der Waals surface area contributed by atoms with Crippen LogP contribution in [0.4, 0.5) is 15.3 Å². The van der Waals surface area contributed by atoms with E-state index in [1.165, 1.54) is 0 Å². The molecule has 6 N–H and O–H groups in total. The maximum absolute atomic E-state index is 12.5. The fourth-order valence-electron chi connectivity index (χ4n) is 3.18. The Balaban J connectivity index is 1.69. The van der Waals surface area contributed by atoms with Gasteiger partial charge in [-0.15, -0.1) is 0 Å². The largest absolute Gasteiger partial charge is 0.352 e. The van der Waals surface area contributed by atoms with E-state index in [1.54, 1.807) is 49.4 Å². The Bertz CT molecular complexity index is 1010. The molecule has 10 heteroatoms. The molecule has 0 saturated carbocycles. The average Bonchev–Trinajstić information content (AvgIpc) is 2.94. The molecule has 2 aromatic carbocycles. The van der Waals surface area contributed by atoms with Gasteiger partial charge in [0.25, 0.3) is 5.91 Å². The van der Waals surface area contributed by atoms with Gasteiger partial charge in [-0.25, -0.2) is 9.59 Å². The van der Waals surface area contributed by atoms with Crippen molar-refractivity contribution >= 4 is 45.5 Å². The SMILES string of the molecule is C[C@]1(c2ccc(NC(=O)C[C@H](NC(N)=O)c3cccc(Br)c3)cc2)NC(=O)NC1=O. The molecule has 0 unspecified atom stereocenters. The van der Waals surface area contributed by atoms with Crippen molar-refractivity contribution in [3.63, 3.8) is 0 Å². The van der Waals surface area contributed by atoms with E-state index in [0.717, 1.165) is 10.0 Å². The third-order valence-corrected chi connectivity index (χ3v) is 5.24. The number of rotatable bonds is 6. The van der Waals surface area contributed by atoms with Crippen molar-refractivity contribution in [2.24, 2.45) is 5.73 Å². The van der Waals surface area contributed by atoms with Crippen molar-refractivity contribution < 1.29 is 19.2 Å². The summed E-state index contributed by atoms with van der Waals surface area (Å²) >= 11 is 3.36. The van der Waals surface area contributed by atoms with Crippen molar-refractivity contribution in [3.8, 4) is 0 Å². The van der Waals surface area contributed by atoms with Crippen LogP contribution in [0.25, 0.3) is 0 Å². The monoisotopic (exact) mass is 473 g/mol. The summed E-state index contributed by atoms with van der Waals surface area (Å²) in [5.41, 5.74) is 5.89. The summed E-state index contributed by atoms with van der Waals surface area (Å²) in [5.74, 6) is -0.779. The number of amides is 6. The molecule has 0 radical (unpaired) electrons. The predicted octanol–water partition coefficient (Wildman–Crippen LogP) is 2.24. The minimum atomic E-state index is -1.17. The summed E-state index contributed by atoms with van der Waals surface area (Å²) in [6, 6.07) is 11.9. The number of nitrogens with two attached hydrogens (primary N) is 1. The minimum absolute atomic E-state index is 0.0304. The third kappa shape index (κ3) is 4.77. The molecule has 2 aromatic rings. The molecule has 1 heterocycles. The Hall–Kier alpha value is -3.40. The molecule has 9 nitrogen and oxygen atoms in total. The van der Waals surface area contributed by atoms with E-state index in [0.29, 0.717) is 11.3 Å². The predicted molar refractivity (Wildman–Crippen MR) is 113 cm³/mol.